The van der Waals surface area contributed by atoms with Crippen LogP contribution in [0.4, 0.5) is 0 Å². The predicted octanol–water partition coefficient (Wildman–Crippen LogP) is 6.68. The molecular formula is C36H44O7. The van der Waals surface area contributed by atoms with Crippen LogP contribution in [0.25, 0.3) is 0 Å². The molecule has 4 aliphatic rings. The van der Waals surface area contributed by atoms with Crippen molar-refractivity contribution in [1.82, 2.24) is 0 Å². The molecule has 7 nitrogen and oxygen atoms in total. The number of Topliss-reactive ketones (excluding diaryl/α,β-unsaturated/α-hetero) is 3. The molecule has 0 radical (unpaired) electrons. The van der Waals surface area contributed by atoms with Crippen molar-refractivity contribution in [3.63, 3.8) is 0 Å². The van der Waals surface area contributed by atoms with Gasteiger partial charge < -0.3 is 20.4 Å². The molecule has 1 aromatic rings. The number of aliphatic hydroxyl groups excluding tert-OH is 2. The molecule has 0 amide bonds. The van der Waals surface area contributed by atoms with Gasteiger partial charge >= 0.3 is 0 Å². The van der Waals surface area contributed by atoms with Crippen LogP contribution in [0.5, 0.6) is 5.75 Å². The quantitative estimate of drug-likeness (QED) is 0.273. The van der Waals surface area contributed by atoms with E-state index >= 15 is 0 Å². The lowest BCUT2D eigenvalue weighted by atomic mass is 9.44. The topological polar surface area (TPSA) is 132 Å². The van der Waals surface area contributed by atoms with Crippen LogP contribution in [0.2, 0.25) is 0 Å². The molecule has 0 spiro atoms. The monoisotopic (exact) mass is 588 g/mol. The fourth-order valence-electron chi connectivity index (χ4n) is 8.79. The van der Waals surface area contributed by atoms with Gasteiger partial charge in [-0.3, -0.25) is 14.4 Å². The first-order valence-corrected chi connectivity index (χ1v) is 15.3. The second kappa shape index (κ2) is 10.0. The Hall–Kier alpha value is -3.45. The van der Waals surface area contributed by atoms with Gasteiger partial charge in [-0.25, -0.2) is 0 Å². The number of aliphatic hydroxyl groups is 3. The number of carbonyl (C=O) groups excluding carboxylic acids is 3. The minimum atomic E-state index is -2.61. The summed E-state index contributed by atoms with van der Waals surface area (Å²) >= 11 is 0. The molecule has 230 valence electrons. The molecule has 0 fully saturated rings. The van der Waals surface area contributed by atoms with Crippen molar-refractivity contribution in [3.8, 4) is 5.75 Å². The van der Waals surface area contributed by atoms with Gasteiger partial charge in [-0.2, -0.15) is 0 Å². The number of ketones is 3. The van der Waals surface area contributed by atoms with Crippen molar-refractivity contribution < 1.29 is 34.8 Å². The number of aryl methyl sites for hydroxylation is 1. The van der Waals surface area contributed by atoms with Crippen LogP contribution >= 0.6 is 0 Å². The van der Waals surface area contributed by atoms with E-state index in [0.717, 1.165) is 25.3 Å². The zero-order valence-corrected chi connectivity index (χ0v) is 26.5. The number of phenolic OH excluding ortho intramolecular Hbond substituents is 1. The number of hydrogen-bond acceptors (Lipinski definition) is 7. The average Bonchev–Trinajstić information content (AvgIpc) is 3.30. The largest absolute Gasteiger partial charge is 0.511 e. The normalized spacial score (nSPS) is 30.4. The van der Waals surface area contributed by atoms with Gasteiger partial charge in [0.2, 0.25) is 5.78 Å². The summed E-state index contributed by atoms with van der Waals surface area (Å²) in [5.41, 5.74) is -0.851. The molecule has 1 unspecified atom stereocenters. The molecule has 7 heteroatoms. The highest BCUT2D eigenvalue weighted by molar-refractivity contribution is 6.25. The Morgan fingerprint density at radius 2 is 1.72 bits per heavy atom. The Morgan fingerprint density at radius 3 is 2.26 bits per heavy atom. The van der Waals surface area contributed by atoms with Gasteiger partial charge in [-0.15, -0.1) is 0 Å². The first-order chi connectivity index (χ1) is 19.9. The van der Waals surface area contributed by atoms with Crippen molar-refractivity contribution in [2.45, 2.75) is 99.0 Å². The van der Waals surface area contributed by atoms with E-state index in [0.29, 0.717) is 17.5 Å². The van der Waals surface area contributed by atoms with Crippen molar-refractivity contribution in [1.29, 1.82) is 0 Å². The number of fused-ring (bicyclic) bond motifs is 3. The lowest BCUT2D eigenvalue weighted by molar-refractivity contribution is -0.171. The molecule has 4 atom stereocenters. The second-order valence-electron chi connectivity index (χ2n) is 14.4. The molecule has 0 heterocycles. The molecule has 0 aliphatic heterocycles. The SMILES string of the molecule is CC(=O)C1=C(O)C(C(C)C)[C@@]2(C)C[C@@]3(C)Cc4c(C(C)C)cc(CCC5=CC(C)=CC5)c(O)c4C(=O)C3=C(O)[C@@]2(O)C1=O. The molecule has 0 saturated carbocycles. The Labute approximate surface area is 253 Å². The number of phenols is 1. The van der Waals surface area contributed by atoms with Crippen LogP contribution < -0.4 is 0 Å². The Morgan fingerprint density at radius 1 is 1.07 bits per heavy atom. The summed E-state index contributed by atoms with van der Waals surface area (Å²) in [6.07, 6.45) is 6.80. The highest BCUT2D eigenvalue weighted by Crippen LogP contribution is 2.65. The van der Waals surface area contributed by atoms with Gasteiger partial charge in [0.05, 0.1) is 5.56 Å². The minimum Gasteiger partial charge on any atom is -0.511 e. The second-order valence-corrected chi connectivity index (χ2v) is 14.4. The third-order valence-electron chi connectivity index (χ3n) is 10.6. The summed E-state index contributed by atoms with van der Waals surface area (Å²) in [6, 6.07) is 2.00. The fourth-order valence-corrected chi connectivity index (χ4v) is 8.79. The molecule has 5 rings (SSSR count). The number of benzene rings is 1. The van der Waals surface area contributed by atoms with E-state index in [1.165, 1.54) is 11.1 Å². The zero-order chi connectivity index (χ0) is 32.0. The first-order valence-electron chi connectivity index (χ1n) is 15.3. The summed E-state index contributed by atoms with van der Waals surface area (Å²) in [6.45, 7) is 14.4. The number of rotatable bonds is 6. The molecule has 4 aliphatic carbocycles. The third kappa shape index (κ3) is 4.21. The smallest absolute Gasteiger partial charge is 0.209 e. The van der Waals surface area contributed by atoms with Crippen molar-refractivity contribution in [2.75, 3.05) is 0 Å². The van der Waals surface area contributed by atoms with Gasteiger partial charge in [-0.05, 0) is 74.5 Å². The summed E-state index contributed by atoms with van der Waals surface area (Å²) in [5, 5.41) is 47.1. The predicted molar refractivity (Wildman–Crippen MR) is 164 cm³/mol. The summed E-state index contributed by atoms with van der Waals surface area (Å²) < 4.78 is 0. The van der Waals surface area contributed by atoms with Crippen LogP contribution in [-0.2, 0) is 22.4 Å². The van der Waals surface area contributed by atoms with Crippen LogP contribution in [0.1, 0.15) is 108 Å². The van der Waals surface area contributed by atoms with Gasteiger partial charge in [0, 0.05) is 22.3 Å². The van der Waals surface area contributed by atoms with Crippen LogP contribution in [0, 0.1) is 22.7 Å². The van der Waals surface area contributed by atoms with Crippen LogP contribution in [-0.4, -0.2) is 43.4 Å². The zero-order valence-electron chi connectivity index (χ0n) is 26.5. The Kier molecular flexibility index (Phi) is 7.24. The third-order valence-corrected chi connectivity index (χ3v) is 10.6. The maximum absolute atomic E-state index is 14.5. The molecule has 4 N–H and O–H groups in total. The van der Waals surface area contributed by atoms with E-state index in [4.69, 9.17) is 0 Å². The van der Waals surface area contributed by atoms with Crippen molar-refractivity contribution in [3.05, 3.63) is 74.3 Å². The van der Waals surface area contributed by atoms with Gasteiger partial charge in [-0.1, -0.05) is 70.9 Å². The van der Waals surface area contributed by atoms with E-state index in [1.807, 2.05) is 40.7 Å². The number of carbonyl (C=O) groups is 3. The average molecular weight is 589 g/mol. The lowest BCUT2D eigenvalue weighted by Crippen LogP contribution is -2.67. The summed E-state index contributed by atoms with van der Waals surface area (Å²) in [4.78, 5) is 41.0. The van der Waals surface area contributed by atoms with E-state index in [2.05, 4.69) is 19.1 Å². The highest BCUT2D eigenvalue weighted by atomic mass is 16.3. The lowest BCUT2D eigenvalue weighted by Gasteiger charge is -2.59. The number of aromatic hydroxyl groups is 1. The Balaban J connectivity index is 1.72. The van der Waals surface area contributed by atoms with Crippen molar-refractivity contribution in [2.24, 2.45) is 22.7 Å². The number of hydrogen-bond donors (Lipinski definition) is 4. The van der Waals surface area contributed by atoms with E-state index < -0.39 is 51.0 Å². The molecular weight excluding hydrogens is 544 g/mol. The standard InChI is InChI=1S/C36H44O7/c1-17(2)23-14-22(12-11-21-10-9-19(5)13-21)29(38)26-24(23)15-34(7)16-35(8)27(18(3)4)30(39)25(20(6)37)32(41)36(35,43)33(42)28(34)31(26)40/h9,13-14,17-18,27,38-39,42-43H,10-12,15-16H2,1-8H3/t27?,34-,35-,36+/m1/s1. The summed E-state index contributed by atoms with van der Waals surface area (Å²) in [7, 11) is 0. The molecule has 1 aromatic carbocycles. The first kappa shape index (κ1) is 31.0. The van der Waals surface area contributed by atoms with E-state index in [1.54, 1.807) is 6.92 Å². The maximum atomic E-state index is 14.5. The minimum absolute atomic E-state index is 0.0408. The van der Waals surface area contributed by atoms with E-state index in [9.17, 15) is 34.8 Å². The summed E-state index contributed by atoms with van der Waals surface area (Å²) in [5.74, 6) is -4.84. The van der Waals surface area contributed by atoms with Crippen LogP contribution in [0.3, 0.4) is 0 Å². The molecule has 0 aromatic heterocycles. The van der Waals surface area contributed by atoms with Gasteiger partial charge in [0.25, 0.3) is 0 Å². The van der Waals surface area contributed by atoms with Gasteiger partial charge in [0.15, 0.2) is 17.2 Å². The molecule has 0 saturated heterocycles. The van der Waals surface area contributed by atoms with Gasteiger partial charge in [0.1, 0.15) is 22.8 Å². The van der Waals surface area contributed by atoms with E-state index in [-0.39, 0.29) is 47.3 Å². The van der Waals surface area contributed by atoms with Crippen LogP contribution in [0.15, 0.2) is 52.0 Å². The van der Waals surface area contributed by atoms with Crippen molar-refractivity contribution >= 4 is 17.3 Å². The highest BCUT2D eigenvalue weighted by Gasteiger charge is 2.71. The number of allylic oxidation sites excluding steroid dienone is 6. The Bertz CT molecular complexity index is 1600. The molecule has 43 heavy (non-hydrogen) atoms. The fraction of sp³-hybridized carbons (Fsp3) is 0.528. The maximum Gasteiger partial charge on any atom is 0.209 e. The molecule has 0 bridgehead atoms.